The van der Waals surface area contributed by atoms with Gasteiger partial charge in [0, 0.05) is 43.0 Å². The Bertz CT molecular complexity index is 1310. The zero-order valence-electron chi connectivity index (χ0n) is 18.7. The molecule has 4 aromatic rings. The number of hydrogen-bond donors (Lipinski definition) is 2. The monoisotopic (exact) mass is 478 g/mol. The molecule has 0 atom stereocenters. The Hall–Kier alpha value is -4.11. The van der Waals surface area contributed by atoms with Crippen molar-refractivity contribution in [3.8, 4) is 5.75 Å². The molecule has 2 heterocycles. The van der Waals surface area contributed by atoms with Gasteiger partial charge in [0.05, 0.1) is 18.1 Å². The van der Waals surface area contributed by atoms with Gasteiger partial charge in [-0.1, -0.05) is 29.8 Å². The van der Waals surface area contributed by atoms with Crippen molar-refractivity contribution in [2.24, 2.45) is 14.1 Å². The number of amides is 2. The summed E-state index contributed by atoms with van der Waals surface area (Å²) >= 11 is 5.97. The van der Waals surface area contributed by atoms with E-state index in [1.54, 1.807) is 49.2 Å². The predicted molar refractivity (Wildman–Crippen MR) is 128 cm³/mol. The fraction of sp³-hybridized carbons (Fsp3) is 0.167. The number of nitrogens with zero attached hydrogens (tertiary/aromatic N) is 4. The van der Waals surface area contributed by atoms with Gasteiger partial charge in [-0.3, -0.25) is 19.0 Å². The minimum Gasteiger partial charge on any atom is -0.489 e. The first-order valence-corrected chi connectivity index (χ1v) is 10.8. The lowest BCUT2D eigenvalue weighted by Gasteiger charge is -2.09. The van der Waals surface area contributed by atoms with Gasteiger partial charge >= 0.3 is 0 Å². The number of benzene rings is 2. The van der Waals surface area contributed by atoms with Crippen LogP contribution >= 0.6 is 11.6 Å². The minimum absolute atomic E-state index is 0.254. The van der Waals surface area contributed by atoms with Gasteiger partial charge in [-0.2, -0.15) is 10.2 Å². The molecule has 0 aliphatic carbocycles. The molecule has 0 fully saturated rings. The highest BCUT2D eigenvalue weighted by Gasteiger charge is 2.19. The first-order chi connectivity index (χ1) is 16.4. The van der Waals surface area contributed by atoms with Crippen LogP contribution in [0.15, 0.2) is 67.1 Å². The van der Waals surface area contributed by atoms with Crippen molar-refractivity contribution in [2.45, 2.75) is 13.2 Å². The van der Waals surface area contributed by atoms with E-state index in [2.05, 4.69) is 20.8 Å². The second-order valence-electron chi connectivity index (χ2n) is 7.63. The van der Waals surface area contributed by atoms with Crippen molar-refractivity contribution < 1.29 is 14.3 Å². The first kappa shape index (κ1) is 23.1. The van der Waals surface area contributed by atoms with E-state index >= 15 is 0 Å². The number of hydrogen-bond acceptors (Lipinski definition) is 5. The van der Waals surface area contributed by atoms with Gasteiger partial charge in [0.15, 0.2) is 0 Å². The maximum absolute atomic E-state index is 12.8. The predicted octanol–water partition coefficient (Wildman–Crippen LogP) is 3.57. The maximum atomic E-state index is 12.8. The highest BCUT2D eigenvalue weighted by molar-refractivity contribution is 6.30. The second kappa shape index (κ2) is 10.2. The van der Waals surface area contributed by atoms with Crippen LogP contribution in [0.5, 0.6) is 5.75 Å². The summed E-state index contributed by atoms with van der Waals surface area (Å²) in [5, 5.41) is 14.4. The molecular weight excluding hydrogens is 456 g/mol. The van der Waals surface area contributed by atoms with Crippen molar-refractivity contribution in [3.63, 3.8) is 0 Å². The van der Waals surface area contributed by atoms with Gasteiger partial charge in [-0.25, -0.2) is 0 Å². The largest absolute Gasteiger partial charge is 0.489 e. The smallest absolute Gasteiger partial charge is 0.271 e. The third-order valence-electron chi connectivity index (χ3n) is 5.03. The van der Waals surface area contributed by atoms with Gasteiger partial charge in [0.2, 0.25) is 0 Å². The number of aryl methyl sites for hydroxylation is 2. The first-order valence-electron chi connectivity index (χ1n) is 10.5. The van der Waals surface area contributed by atoms with Crippen LogP contribution in [-0.2, 0) is 27.2 Å². The van der Waals surface area contributed by atoms with Crippen molar-refractivity contribution >= 4 is 29.1 Å². The van der Waals surface area contributed by atoms with Crippen LogP contribution in [0.3, 0.4) is 0 Å². The number of rotatable bonds is 8. The third kappa shape index (κ3) is 5.62. The van der Waals surface area contributed by atoms with Gasteiger partial charge in [-0.05, 0) is 35.9 Å². The normalized spacial score (nSPS) is 10.7. The van der Waals surface area contributed by atoms with Crippen LogP contribution in [0, 0.1) is 0 Å². The van der Waals surface area contributed by atoms with Crippen LogP contribution in [-0.4, -0.2) is 31.4 Å². The topological polar surface area (TPSA) is 103 Å². The Morgan fingerprint density at radius 2 is 1.79 bits per heavy atom. The van der Waals surface area contributed by atoms with Crippen molar-refractivity contribution in [3.05, 3.63) is 94.5 Å². The molecule has 0 radical (unpaired) electrons. The molecule has 0 bridgehead atoms. The van der Waals surface area contributed by atoms with Crippen LogP contribution in [0.25, 0.3) is 0 Å². The lowest BCUT2D eigenvalue weighted by molar-refractivity contribution is 0.0942. The fourth-order valence-corrected chi connectivity index (χ4v) is 3.48. The summed E-state index contributed by atoms with van der Waals surface area (Å²) < 4.78 is 8.80. The van der Waals surface area contributed by atoms with Crippen LogP contribution in [0.2, 0.25) is 5.02 Å². The summed E-state index contributed by atoms with van der Waals surface area (Å²) in [6.07, 6.45) is 4.94. The molecule has 2 amide bonds. The molecule has 0 aliphatic rings. The van der Waals surface area contributed by atoms with Gasteiger partial charge < -0.3 is 15.4 Å². The number of ether oxygens (including phenoxy) is 1. The zero-order valence-corrected chi connectivity index (χ0v) is 19.4. The van der Waals surface area contributed by atoms with E-state index in [4.69, 9.17) is 16.3 Å². The van der Waals surface area contributed by atoms with E-state index in [1.807, 2.05) is 30.5 Å². The zero-order chi connectivity index (χ0) is 24.1. The lowest BCUT2D eigenvalue weighted by Crippen LogP contribution is -2.26. The maximum Gasteiger partial charge on any atom is 0.271 e. The molecule has 0 saturated carbocycles. The van der Waals surface area contributed by atoms with Crippen LogP contribution in [0.1, 0.15) is 32.0 Å². The van der Waals surface area contributed by atoms with Crippen molar-refractivity contribution in [1.29, 1.82) is 0 Å². The van der Waals surface area contributed by atoms with E-state index in [1.165, 1.54) is 10.9 Å². The quantitative estimate of drug-likeness (QED) is 0.403. The summed E-state index contributed by atoms with van der Waals surface area (Å²) in [6.45, 7) is 0.649. The summed E-state index contributed by atoms with van der Waals surface area (Å²) in [5.41, 5.74) is 2.78. The number of aromatic nitrogens is 4. The number of nitrogens with one attached hydrogen (secondary N) is 2. The molecular formula is C24H23ClN6O3. The van der Waals surface area contributed by atoms with E-state index in [9.17, 15) is 9.59 Å². The molecule has 0 spiro atoms. The molecule has 4 rings (SSSR count). The molecule has 174 valence electrons. The Kier molecular flexibility index (Phi) is 6.93. The Morgan fingerprint density at radius 1 is 1.00 bits per heavy atom. The van der Waals surface area contributed by atoms with Crippen LogP contribution in [0.4, 0.5) is 5.69 Å². The summed E-state index contributed by atoms with van der Waals surface area (Å²) in [5.74, 6) is -0.0375. The number of carbonyl (C=O) groups is 2. The fourth-order valence-electron chi connectivity index (χ4n) is 3.30. The second-order valence-corrected chi connectivity index (χ2v) is 8.07. The highest BCUT2D eigenvalue weighted by atomic mass is 35.5. The average molecular weight is 479 g/mol. The molecule has 2 aromatic carbocycles. The molecule has 9 nitrogen and oxygen atoms in total. The summed E-state index contributed by atoms with van der Waals surface area (Å²) in [7, 11) is 3.45. The Labute approximate surface area is 201 Å². The van der Waals surface area contributed by atoms with Gasteiger partial charge in [0.25, 0.3) is 11.8 Å². The van der Waals surface area contributed by atoms with E-state index < -0.39 is 0 Å². The van der Waals surface area contributed by atoms with E-state index in [-0.39, 0.29) is 17.5 Å². The minimum atomic E-state index is -0.354. The number of halogens is 1. The number of carbonyl (C=O) groups excluding carboxylic acids is 2. The SMILES string of the molecule is Cn1cc(CNC(=O)c2c(NC(=O)c3ccc(COc4cccc(Cl)c4)cc3)cnn2C)cn1. The van der Waals surface area contributed by atoms with E-state index in [0.29, 0.717) is 35.2 Å². The lowest BCUT2D eigenvalue weighted by atomic mass is 10.1. The number of anilines is 1. The van der Waals surface area contributed by atoms with E-state index in [0.717, 1.165) is 11.1 Å². The molecule has 10 heteroatoms. The van der Waals surface area contributed by atoms with Crippen molar-refractivity contribution in [2.75, 3.05) is 5.32 Å². The standard InChI is InChI=1S/C24H23ClN6O3/c1-30-14-17(12-27-30)11-26-24(33)22-21(13-28-31(22)2)29-23(32)18-8-6-16(7-9-18)15-34-20-5-3-4-19(25)10-20/h3-10,12-14H,11,15H2,1-2H3,(H,26,33)(H,29,32). The molecule has 34 heavy (non-hydrogen) atoms. The molecule has 0 aliphatic heterocycles. The van der Waals surface area contributed by atoms with Crippen LogP contribution < -0.4 is 15.4 Å². The average Bonchev–Trinajstić information content (AvgIpc) is 3.41. The summed E-state index contributed by atoms with van der Waals surface area (Å²) in [6, 6.07) is 14.2. The molecule has 2 aromatic heterocycles. The van der Waals surface area contributed by atoms with Crippen molar-refractivity contribution in [1.82, 2.24) is 24.9 Å². The Morgan fingerprint density at radius 3 is 2.50 bits per heavy atom. The third-order valence-corrected chi connectivity index (χ3v) is 5.27. The molecule has 0 unspecified atom stereocenters. The van der Waals surface area contributed by atoms with Gasteiger partial charge in [-0.15, -0.1) is 0 Å². The Balaban J connectivity index is 1.37. The molecule has 2 N–H and O–H groups in total. The van der Waals surface area contributed by atoms with Gasteiger partial charge in [0.1, 0.15) is 18.1 Å². The summed E-state index contributed by atoms with van der Waals surface area (Å²) in [4.78, 5) is 25.5. The molecule has 0 saturated heterocycles. The highest BCUT2D eigenvalue weighted by Crippen LogP contribution is 2.19.